The number of furan rings is 1. The van der Waals surface area contributed by atoms with Gasteiger partial charge in [0, 0.05) is 18.5 Å². The van der Waals surface area contributed by atoms with Crippen molar-refractivity contribution in [1.29, 1.82) is 0 Å². The predicted molar refractivity (Wildman–Crippen MR) is 123 cm³/mol. The predicted octanol–water partition coefficient (Wildman–Crippen LogP) is 4.47. The Bertz CT molecular complexity index is 1300. The molecule has 0 fully saturated rings. The van der Waals surface area contributed by atoms with E-state index in [1.165, 1.54) is 23.1 Å². The molecule has 1 amide bonds. The number of rotatable bonds is 5. The average Bonchev–Trinajstić information content (AvgIpc) is 3.54. The minimum Gasteiger partial charge on any atom is -0.467 e. The van der Waals surface area contributed by atoms with Crippen LogP contribution in [0.4, 0.5) is 0 Å². The van der Waals surface area contributed by atoms with Crippen molar-refractivity contribution >= 4 is 46.0 Å². The lowest BCUT2D eigenvalue weighted by Gasteiger charge is -2.22. The van der Waals surface area contributed by atoms with Crippen molar-refractivity contribution in [1.82, 2.24) is 24.8 Å². The van der Waals surface area contributed by atoms with Gasteiger partial charge in [0.05, 0.1) is 28.8 Å². The molecule has 0 spiro atoms. The molecule has 4 aromatic rings. The molecule has 10 heteroatoms. The number of amides is 1. The summed E-state index contributed by atoms with van der Waals surface area (Å²) in [7, 11) is 1.82. The van der Waals surface area contributed by atoms with Crippen molar-refractivity contribution < 1.29 is 9.21 Å². The number of fused-ring (bicyclic) bond motifs is 1. The molecule has 0 saturated carbocycles. The van der Waals surface area contributed by atoms with Gasteiger partial charge in [-0.2, -0.15) is 10.2 Å². The zero-order valence-corrected chi connectivity index (χ0v) is 18.9. The quantitative estimate of drug-likeness (QED) is 0.318. The largest absolute Gasteiger partial charge is 0.467 e. The number of aromatic nitrogens is 4. The summed E-state index contributed by atoms with van der Waals surface area (Å²) in [5.74, 6) is 0.566. The van der Waals surface area contributed by atoms with Gasteiger partial charge < -0.3 is 4.42 Å². The molecule has 0 radical (unpaired) electrons. The summed E-state index contributed by atoms with van der Waals surface area (Å²) in [6, 6.07) is 10.8. The number of thioether (sulfide) groups is 1. The van der Waals surface area contributed by atoms with Gasteiger partial charge in [-0.1, -0.05) is 35.5 Å². The SMILES string of the molecule is C[C@@H](Sc1ncnc2c1cnn2C)C(=O)N1N=C(c2ccc(Cl)cc2)C[C@H]1c1ccco1. The summed E-state index contributed by atoms with van der Waals surface area (Å²) in [6.45, 7) is 1.85. The fourth-order valence-corrected chi connectivity index (χ4v) is 4.72. The zero-order valence-electron chi connectivity index (χ0n) is 17.3. The maximum absolute atomic E-state index is 13.5. The van der Waals surface area contributed by atoms with E-state index in [-0.39, 0.29) is 11.9 Å². The second kappa shape index (κ2) is 8.40. The number of nitrogens with zero attached hydrogens (tertiary/aromatic N) is 6. The maximum atomic E-state index is 13.5. The molecule has 0 N–H and O–H groups in total. The minimum absolute atomic E-state index is 0.129. The second-order valence-electron chi connectivity index (χ2n) is 7.42. The monoisotopic (exact) mass is 466 g/mol. The molecule has 0 unspecified atom stereocenters. The van der Waals surface area contributed by atoms with E-state index in [1.54, 1.807) is 17.1 Å². The van der Waals surface area contributed by atoms with E-state index in [0.29, 0.717) is 22.2 Å². The fraction of sp³-hybridized carbons (Fsp3) is 0.227. The van der Waals surface area contributed by atoms with Gasteiger partial charge in [-0.15, -0.1) is 0 Å². The molecule has 4 heterocycles. The first-order chi connectivity index (χ1) is 15.5. The van der Waals surface area contributed by atoms with E-state index in [9.17, 15) is 4.79 Å². The molecular formula is C22H19ClN6O2S. The summed E-state index contributed by atoms with van der Waals surface area (Å²) < 4.78 is 7.32. The van der Waals surface area contributed by atoms with Crippen LogP contribution in [-0.2, 0) is 11.8 Å². The third kappa shape index (κ3) is 3.78. The van der Waals surface area contributed by atoms with E-state index in [0.717, 1.165) is 22.3 Å². The smallest absolute Gasteiger partial charge is 0.256 e. The molecule has 8 nitrogen and oxygen atoms in total. The Morgan fingerprint density at radius 1 is 1.25 bits per heavy atom. The van der Waals surface area contributed by atoms with Gasteiger partial charge in [0.2, 0.25) is 0 Å². The van der Waals surface area contributed by atoms with Gasteiger partial charge in [-0.3, -0.25) is 9.48 Å². The van der Waals surface area contributed by atoms with E-state index >= 15 is 0 Å². The Labute approximate surface area is 193 Å². The number of hydrogen-bond donors (Lipinski definition) is 0. The Balaban J connectivity index is 1.44. The van der Waals surface area contributed by atoms with Gasteiger partial charge >= 0.3 is 0 Å². The minimum atomic E-state index is -0.431. The van der Waals surface area contributed by atoms with Crippen molar-refractivity contribution in [3.8, 4) is 0 Å². The van der Waals surface area contributed by atoms with Crippen molar-refractivity contribution in [3.63, 3.8) is 0 Å². The highest BCUT2D eigenvalue weighted by atomic mass is 35.5. The molecule has 162 valence electrons. The van der Waals surface area contributed by atoms with Crippen molar-refractivity contribution in [2.45, 2.75) is 29.7 Å². The van der Waals surface area contributed by atoms with Crippen LogP contribution in [0.5, 0.6) is 0 Å². The molecule has 0 bridgehead atoms. The summed E-state index contributed by atoms with van der Waals surface area (Å²) >= 11 is 7.40. The number of carbonyl (C=O) groups excluding carboxylic acids is 1. The second-order valence-corrected chi connectivity index (χ2v) is 9.18. The van der Waals surface area contributed by atoms with Crippen LogP contribution in [-0.4, -0.2) is 41.6 Å². The van der Waals surface area contributed by atoms with Gasteiger partial charge in [-0.05, 0) is 36.8 Å². The molecule has 1 aromatic carbocycles. The molecule has 1 aliphatic heterocycles. The van der Waals surface area contributed by atoms with Crippen LogP contribution < -0.4 is 0 Å². The lowest BCUT2D eigenvalue weighted by molar-refractivity contribution is -0.132. The van der Waals surface area contributed by atoms with Gasteiger partial charge in [0.1, 0.15) is 23.2 Å². The highest BCUT2D eigenvalue weighted by Gasteiger charge is 2.37. The number of carbonyl (C=O) groups is 1. The number of benzene rings is 1. The van der Waals surface area contributed by atoms with Crippen LogP contribution in [0.2, 0.25) is 5.02 Å². The third-order valence-electron chi connectivity index (χ3n) is 5.31. The highest BCUT2D eigenvalue weighted by molar-refractivity contribution is 8.00. The van der Waals surface area contributed by atoms with E-state index < -0.39 is 5.25 Å². The highest BCUT2D eigenvalue weighted by Crippen LogP contribution is 2.36. The van der Waals surface area contributed by atoms with Crippen LogP contribution in [0, 0.1) is 0 Å². The molecule has 2 atom stereocenters. The number of hydrazone groups is 1. The average molecular weight is 467 g/mol. The first-order valence-electron chi connectivity index (χ1n) is 10.0. The molecule has 1 aliphatic rings. The van der Waals surface area contributed by atoms with Crippen molar-refractivity contribution in [2.24, 2.45) is 12.1 Å². The van der Waals surface area contributed by atoms with E-state index in [1.807, 2.05) is 50.4 Å². The molecule has 3 aromatic heterocycles. The van der Waals surface area contributed by atoms with Gasteiger partial charge in [0.15, 0.2) is 5.65 Å². The first-order valence-corrected chi connectivity index (χ1v) is 11.3. The lowest BCUT2D eigenvalue weighted by atomic mass is 10.0. The maximum Gasteiger partial charge on any atom is 0.256 e. The van der Waals surface area contributed by atoms with Crippen molar-refractivity contribution in [3.05, 3.63) is 71.5 Å². The molecule has 32 heavy (non-hydrogen) atoms. The van der Waals surface area contributed by atoms with E-state index in [2.05, 4.69) is 20.2 Å². The number of aryl methyl sites for hydroxylation is 1. The van der Waals surface area contributed by atoms with Crippen LogP contribution >= 0.6 is 23.4 Å². The van der Waals surface area contributed by atoms with Crippen molar-refractivity contribution in [2.75, 3.05) is 0 Å². The number of halogens is 1. The third-order valence-corrected chi connectivity index (χ3v) is 6.67. The standard InChI is InChI=1S/C22H19ClN6O2S/c1-13(32-21-16-11-26-28(2)20(16)24-12-25-21)22(30)29-18(19-4-3-9-31-19)10-17(27-29)14-5-7-15(23)8-6-14/h3-9,11-13,18H,10H2,1-2H3/t13-,18+/m1/s1. The van der Waals surface area contributed by atoms with Gasteiger partial charge in [0.25, 0.3) is 5.91 Å². The fourth-order valence-electron chi connectivity index (χ4n) is 3.67. The normalized spacial score (nSPS) is 17.0. The molecular weight excluding hydrogens is 448 g/mol. The lowest BCUT2D eigenvalue weighted by Crippen LogP contribution is -2.33. The molecule has 0 saturated heterocycles. The summed E-state index contributed by atoms with van der Waals surface area (Å²) in [6.07, 6.45) is 5.37. The summed E-state index contributed by atoms with van der Waals surface area (Å²) in [4.78, 5) is 22.1. The Morgan fingerprint density at radius 3 is 2.81 bits per heavy atom. The summed E-state index contributed by atoms with van der Waals surface area (Å²) in [5, 5.41) is 12.2. The Kier molecular flexibility index (Phi) is 5.44. The Morgan fingerprint density at radius 2 is 2.06 bits per heavy atom. The molecule has 5 rings (SSSR count). The number of hydrogen-bond acceptors (Lipinski definition) is 7. The van der Waals surface area contributed by atoms with Crippen LogP contribution in [0.3, 0.4) is 0 Å². The van der Waals surface area contributed by atoms with Gasteiger partial charge in [-0.25, -0.2) is 15.0 Å². The first kappa shape index (κ1) is 20.7. The summed E-state index contributed by atoms with van der Waals surface area (Å²) in [5.41, 5.74) is 2.46. The topological polar surface area (TPSA) is 89.4 Å². The van der Waals surface area contributed by atoms with Crippen LogP contribution in [0.1, 0.15) is 30.7 Å². The Hall–Kier alpha value is -3.17. The van der Waals surface area contributed by atoms with E-state index in [4.69, 9.17) is 16.0 Å². The van der Waals surface area contributed by atoms with Crippen LogP contribution in [0.15, 0.2) is 69.7 Å². The van der Waals surface area contributed by atoms with Crippen LogP contribution in [0.25, 0.3) is 11.0 Å². The molecule has 0 aliphatic carbocycles. The zero-order chi connectivity index (χ0) is 22.2.